The molecule has 0 bridgehead atoms. The van der Waals surface area contributed by atoms with Crippen molar-refractivity contribution in [3.8, 4) is 17.4 Å². The van der Waals surface area contributed by atoms with E-state index < -0.39 is 0 Å². The van der Waals surface area contributed by atoms with Crippen LogP contribution in [0.3, 0.4) is 0 Å². The number of para-hydroxylation sites is 1. The monoisotopic (exact) mass is 305 g/mol. The summed E-state index contributed by atoms with van der Waals surface area (Å²) < 4.78 is 7.27. The minimum atomic E-state index is -0.275. The van der Waals surface area contributed by atoms with Crippen molar-refractivity contribution >= 4 is 10.9 Å². The highest BCUT2D eigenvalue weighted by Crippen LogP contribution is 2.19. The number of hydrogen-bond donors (Lipinski definition) is 1. The predicted octanol–water partition coefficient (Wildman–Crippen LogP) is 2.30. The highest BCUT2D eigenvalue weighted by atomic mass is 16.5. The van der Waals surface area contributed by atoms with Crippen molar-refractivity contribution in [3.05, 3.63) is 71.5 Å². The van der Waals surface area contributed by atoms with Crippen LogP contribution in [-0.2, 0) is 0 Å². The molecule has 0 aliphatic rings. The zero-order valence-corrected chi connectivity index (χ0v) is 11.9. The topological polar surface area (TPSA) is 85.7 Å². The second-order valence-corrected chi connectivity index (χ2v) is 4.82. The average molecular weight is 305 g/mol. The smallest absolute Gasteiger partial charge is 0.302 e. The molecule has 1 N–H and O–H groups in total. The molecule has 0 amide bonds. The van der Waals surface area contributed by atoms with E-state index in [0.29, 0.717) is 16.7 Å². The maximum atomic E-state index is 12.0. The third-order valence-electron chi connectivity index (χ3n) is 3.28. The Morgan fingerprint density at radius 2 is 1.96 bits per heavy atom. The van der Waals surface area contributed by atoms with Gasteiger partial charge in [0.15, 0.2) is 5.75 Å². The highest BCUT2D eigenvalue weighted by molar-refractivity contribution is 5.76. The van der Waals surface area contributed by atoms with E-state index in [-0.39, 0.29) is 11.6 Å². The maximum absolute atomic E-state index is 12.0. The summed E-state index contributed by atoms with van der Waals surface area (Å²) in [5.74, 6) is 0.472. The Kier molecular flexibility index (Phi) is 3.09. The third kappa shape index (κ3) is 2.55. The molecule has 0 saturated carbocycles. The lowest BCUT2D eigenvalue weighted by molar-refractivity contribution is 0.442. The van der Waals surface area contributed by atoms with Gasteiger partial charge in [0.2, 0.25) is 0 Å². The van der Waals surface area contributed by atoms with E-state index in [1.165, 1.54) is 6.20 Å². The first-order chi connectivity index (χ1) is 11.3. The summed E-state index contributed by atoms with van der Waals surface area (Å²) in [5.41, 5.74) is 1.11. The SMILES string of the molecule is O=c1[nH]c(Oc2cnn(-c3ccccc3)c2)nc2cnccc12. The Bertz CT molecular complexity index is 1020. The lowest BCUT2D eigenvalue weighted by atomic mass is 10.3. The summed E-state index contributed by atoms with van der Waals surface area (Å²) in [6.45, 7) is 0. The fourth-order valence-corrected chi connectivity index (χ4v) is 2.21. The van der Waals surface area contributed by atoms with Gasteiger partial charge in [0.05, 0.1) is 35.2 Å². The van der Waals surface area contributed by atoms with E-state index in [1.807, 2.05) is 30.3 Å². The van der Waals surface area contributed by atoms with Crippen LogP contribution in [0, 0.1) is 0 Å². The number of nitrogens with zero attached hydrogens (tertiary/aromatic N) is 4. The molecule has 0 aliphatic heterocycles. The Balaban J connectivity index is 1.66. The van der Waals surface area contributed by atoms with Gasteiger partial charge < -0.3 is 4.74 Å². The van der Waals surface area contributed by atoms with Crippen LogP contribution in [-0.4, -0.2) is 24.7 Å². The second-order valence-electron chi connectivity index (χ2n) is 4.82. The molecule has 0 saturated heterocycles. The fourth-order valence-electron chi connectivity index (χ4n) is 2.21. The number of nitrogens with one attached hydrogen (secondary N) is 1. The first-order valence-corrected chi connectivity index (χ1v) is 6.91. The lowest BCUT2D eigenvalue weighted by Gasteiger charge is -2.02. The Labute approximate surface area is 130 Å². The summed E-state index contributed by atoms with van der Waals surface area (Å²) >= 11 is 0. The molecule has 0 aliphatic carbocycles. The predicted molar refractivity (Wildman–Crippen MR) is 83.8 cm³/mol. The molecule has 7 nitrogen and oxygen atoms in total. The van der Waals surface area contributed by atoms with E-state index in [4.69, 9.17) is 4.74 Å². The van der Waals surface area contributed by atoms with Crippen LogP contribution < -0.4 is 10.3 Å². The summed E-state index contributed by atoms with van der Waals surface area (Å²) in [6, 6.07) is 11.3. The number of benzene rings is 1. The van der Waals surface area contributed by atoms with Crippen LogP contribution in [0.5, 0.6) is 11.8 Å². The summed E-state index contributed by atoms with van der Waals surface area (Å²) in [4.78, 5) is 22.8. The quantitative estimate of drug-likeness (QED) is 0.627. The molecule has 0 unspecified atom stereocenters. The maximum Gasteiger partial charge on any atom is 0.302 e. The van der Waals surface area contributed by atoms with Crippen molar-refractivity contribution < 1.29 is 4.74 Å². The largest absolute Gasteiger partial charge is 0.422 e. The van der Waals surface area contributed by atoms with E-state index >= 15 is 0 Å². The van der Waals surface area contributed by atoms with Crippen LogP contribution in [0.1, 0.15) is 0 Å². The molecule has 4 rings (SSSR count). The molecule has 3 heterocycles. The van der Waals surface area contributed by atoms with Crippen LogP contribution >= 0.6 is 0 Å². The summed E-state index contributed by atoms with van der Waals surface area (Å²) in [6.07, 6.45) is 6.33. The molecule has 4 aromatic rings. The van der Waals surface area contributed by atoms with Gasteiger partial charge in [-0.25, -0.2) is 4.68 Å². The van der Waals surface area contributed by atoms with Gasteiger partial charge in [-0.05, 0) is 18.2 Å². The molecule has 0 fully saturated rings. The molecule has 112 valence electrons. The minimum Gasteiger partial charge on any atom is -0.422 e. The molecule has 1 aromatic carbocycles. The first-order valence-electron chi connectivity index (χ1n) is 6.91. The van der Waals surface area contributed by atoms with Crippen molar-refractivity contribution in [1.29, 1.82) is 0 Å². The van der Waals surface area contributed by atoms with E-state index in [0.717, 1.165) is 5.69 Å². The van der Waals surface area contributed by atoms with Crippen molar-refractivity contribution in [2.24, 2.45) is 0 Å². The third-order valence-corrected chi connectivity index (χ3v) is 3.28. The van der Waals surface area contributed by atoms with Gasteiger partial charge in [0.25, 0.3) is 5.56 Å². The molecular formula is C16H11N5O2. The number of pyridine rings is 1. The Morgan fingerprint density at radius 3 is 2.83 bits per heavy atom. The normalized spacial score (nSPS) is 10.8. The van der Waals surface area contributed by atoms with E-state index in [2.05, 4.69) is 20.1 Å². The number of ether oxygens (including phenoxy) is 1. The lowest BCUT2D eigenvalue weighted by Crippen LogP contribution is -2.09. The van der Waals surface area contributed by atoms with Crippen LogP contribution in [0.15, 0.2) is 66.0 Å². The van der Waals surface area contributed by atoms with Crippen LogP contribution in [0.2, 0.25) is 0 Å². The molecule has 0 atom stereocenters. The van der Waals surface area contributed by atoms with Gasteiger partial charge in [-0.3, -0.25) is 14.8 Å². The summed E-state index contributed by atoms with van der Waals surface area (Å²) in [5, 5.41) is 4.69. The van der Waals surface area contributed by atoms with Gasteiger partial charge in [-0.2, -0.15) is 10.1 Å². The average Bonchev–Trinajstić information content (AvgIpc) is 3.04. The van der Waals surface area contributed by atoms with Crippen LogP contribution in [0.25, 0.3) is 16.6 Å². The van der Waals surface area contributed by atoms with Crippen molar-refractivity contribution in [2.45, 2.75) is 0 Å². The summed E-state index contributed by atoms with van der Waals surface area (Å²) in [7, 11) is 0. The number of aromatic nitrogens is 5. The van der Waals surface area contributed by atoms with Gasteiger partial charge in [0, 0.05) is 6.20 Å². The van der Waals surface area contributed by atoms with Crippen molar-refractivity contribution in [1.82, 2.24) is 24.7 Å². The molecule has 0 radical (unpaired) electrons. The second kappa shape index (κ2) is 5.38. The van der Waals surface area contributed by atoms with Crippen LogP contribution in [0.4, 0.5) is 0 Å². The number of hydrogen-bond acceptors (Lipinski definition) is 5. The number of H-pyrrole nitrogens is 1. The Morgan fingerprint density at radius 1 is 1.09 bits per heavy atom. The van der Waals surface area contributed by atoms with Crippen molar-refractivity contribution in [3.63, 3.8) is 0 Å². The minimum absolute atomic E-state index is 0.100. The zero-order valence-electron chi connectivity index (χ0n) is 11.9. The number of fused-ring (bicyclic) bond motifs is 1. The number of aromatic amines is 1. The van der Waals surface area contributed by atoms with Crippen molar-refractivity contribution in [2.75, 3.05) is 0 Å². The molecule has 23 heavy (non-hydrogen) atoms. The zero-order chi connectivity index (χ0) is 15.6. The van der Waals surface area contributed by atoms with Gasteiger partial charge in [0.1, 0.15) is 0 Å². The van der Waals surface area contributed by atoms with Gasteiger partial charge in [-0.1, -0.05) is 18.2 Å². The van der Waals surface area contributed by atoms with Gasteiger partial charge >= 0.3 is 6.01 Å². The van der Waals surface area contributed by atoms with Gasteiger partial charge in [-0.15, -0.1) is 0 Å². The number of rotatable bonds is 3. The standard InChI is InChI=1S/C16H11N5O2/c22-15-13-6-7-17-9-14(13)19-16(20-15)23-12-8-18-21(10-12)11-4-2-1-3-5-11/h1-10H,(H,19,20,22). The highest BCUT2D eigenvalue weighted by Gasteiger charge is 2.07. The molecular weight excluding hydrogens is 294 g/mol. The Hall–Kier alpha value is -3.48. The van der Waals surface area contributed by atoms with E-state index in [9.17, 15) is 4.79 Å². The molecule has 0 spiro atoms. The molecule has 3 aromatic heterocycles. The first kappa shape index (κ1) is 13.2. The van der Waals surface area contributed by atoms with E-state index in [1.54, 1.807) is 29.3 Å². The fraction of sp³-hybridized carbons (Fsp3) is 0. The molecule has 7 heteroatoms.